The molecule has 0 saturated heterocycles. The van der Waals surface area contributed by atoms with Gasteiger partial charge in [0.1, 0.15) is 18.2 Å². The Hall–Kier alpha value is -2.62. The molecule has 0 aromatic carbocycles. The number of carbonyl (C=O) groups excluding carboxylic acids is 6. The van der Waals surface area contributed by atoms with Gasteiger partial charge in [0, 0.05) is 34.3 Å². The van der Waals surface area contributed by atoms with Gasteiger partial charge in [0.05, 0.1) is 21.3 Å². The highest BCUT2D eigenvalue weighted by atomic mass is 16.5. The van der Waals surface area contributed by atoms with E-state index in [1.54, 1.807) is 6.92 Å². The minimum atomic E-state index is -0.245. The maximum atomic E-state index is 9.92. The monoisotopic (exact) mass is 440 g/mol. The van der Waals surface area contributed by atoms with Crippen LogP contribution in [0, 0.1) is 0 Å². The molecule has 0 fully saturated rings. The first-order chi connectivity index (χ1) is 13.6. The fraction of sp³-hybridized carbons (Fsp3) is 0.700. The molecule has 0 aliphatic rings. The van der Waals surface area contributed by atoms with Crippen LogP contribution in [-0.4, -0.2) is 70.3 Å². The number of methoxy groups -OCH3 is 4. The van der Waals surface area contributed by atoms with Crippen molar-refractivity contribution in [1.29, 1.82) is 0 Å². The van der Waals surface area contributed by atoms with Crippen molar-refractivity contribution in [3.8, 4) is 0 Å². The van der Waals surface area contributed by atoms with Crippen LogP contribution in [0.1, 0.15) is 61.8 Å². The van der Waals surface area contributed by atoms with E-state index in [2.05, 4.69) is 18.9 Å². The standard InChI is InChI=1S/C4H8O2.C4H8O.3C3H6O2.C3H6O/c1-4(5)3-6-2;1-3-4(2)5;3*1-3(4)5-2;1-3(2)4/h3H2,1-2H3;3H2,1-2H3;3*1-2H3;1-2H3. The minimum Gasteiger partial charge on any atom is -0.469 e. The van der Waals surface area contributed by atoms with Crippen LogP contribution in [-0.2, 0) is 47.7 Å². The maximum absolute atomic E-state index is 9.92. The zero-order valence-electron chi connectivity index (χ0n) is 20.5. The summed E-state index contributed by atoms with van der Waals surface area (Å²) < 4.78 is 16.8. The van der Waals surface area contributed by atoms with Gasteiger partial charge < -0.3 is 28.5 Å². The second-order valence-electron chi connectivity index (χ2n) is 5.19. The molecule has 0 saturated carbocycles. The predicted octanol–water partition coefficient (Wildman–Crippen LogP) is 2.34. The van der Waals surface area contributed by atoms with Gasteiger partial charge in [-0.05, 0) is 27.7 Å². The molecule has 0 bridgehead atoms. The molecular formula is C20H40O10. The summed E-state index contributed by atoms with van der Waals surface area (Å²) in [6.45, 7) is 12.3. The number of hydrogen-bond donors (Lipinski definition) is 0. The quantitative estimate of drug-likeness (QED) is 0.474. The van der Waals surface area contributed by atoms with Crippen molar-refractivity contribution in [1.82, 2.24) is 0 Å². The fourth-order valence-electron chi connectivity index (χ4n) is 0.203. The number of carbonyl (C=O) groups is 6. The van der Waals surface area contributed by atoms with Crippen LogP contribution < -0.4 is 0 Å². The molecule has 10 nitrogen and oxygen atoms in total. The van der Waals surface area contributed by atoms with E-state index >= 15 is 0 Å². The third kappa shape index (κ3) is 215. The fourth-order valence-corrected chi connectivity index (χ4v) is 0.203. The molecule has 180 valence electrons. The van der Waals surface area contributed by atoms with E-state index in [-0.39, 0.29) is 41.9 Å². The molecule has 0 spiro atoms. The van der Waals surface area contributed by atoms with E-state index in [1.807, 2.05) is 6.92 Å². The lowest BCUT2D eigenvalue weighted by molar-refractivity contribution is -0.138. The molecule has 0 heterocycles. The Labute approximate surface area is 180 Å². The van der Waals surface area contributed by atoms with Crippen molar-refractivity contribution in [2.45, 2.75) is 61.8 Å². The van der Waals surface area contributed by atoms with Crippen LogP contribution in [0.25, 0.3) is 0 Å². The first-order valence-electron chi connectivity index (χ1n) is 8.67. The first-order valence-corrected chi connectivity index (χ1v) is 8.67. The zero-order valence-corrected chi connectivity index (χ0v) is 20.5. The topological polar surface area (TPSA) is 139 Å². The molecule has 0 rings (SSSR count). The number of rotatable bonds is 3. The molecular weight excluding hydrogens is 400 g/mol. The Kier molecular flexibility index (Phi) is 51.7. The normalized spacial score (nSPS) is 7.20. The van der Waals surface area contributed by atoms with Crippen molar-refractivity contribution in [2.75, 3.05) is 35.0 Å². The summed E-state index contributed by atoms with van der Waals surface area (Å²) in [7, 11) is 5.55. The van der Waals surface area contributed by atoms with Crippen LogP contribution in [0.4, 0.5) is 0 Å². The highest BCUT2D eigenvalue weighted by molar-refractivity contribution is 5.76. The molecule has 10 heteroatoms. The maximum Gasteiger partial charge on any atom is 0.302 e. The van der Waals surface area contributed by atoms with Crippen LogP contribution in [0.15, 0.2) is 0 Å². The Bertz CT molecular complexity index is 397. The highest BCUT2D eigenvalue weighted by Gasteiger charge is 1.83. The summed E-state index contributed by atoms with van der Waals surface area (Å²) in [5, 5.41) is 0. The summed E-state index contributed by atoms with van der Waals surface area (Å²) in [5.74, 6) is -0.248. The molecule has 0 unspecified atom stereocenters. The molecule has 30 heavy (non-hydrogen) atoms. The SMILES string of the molecule is CC(C)=O.CCC(C)=O.COC(C)=O.COC(C)=O.COC(C)=O.COCC(C)=O. The van der Waals surface area contributed by atoms with Gasteiger partial charge in [0.2, 0.25) is 0 Å². The molecule has 0 aliphatic heterocycles. The Morgan fingerprint density at radius 1 is 0.533 bits per heavy atom. The molecule has 0 aliphatic carbocycles. The Balaban J connectivity index is -0.0000000578. The molecule has 0 amide bonds. The van der Waals surface area contributed by atoms with E-state index in [0.717, 1.165) is 0 Å². The second kappa shape index (κ2) is 37.2. The summed E-state index contributed by atoms with van der Waals surface area (Å²) in [6, 6.07) is 0. The van der Waals surface area contributed by atoms with Gasteiger partial charge in [-0.25, -0.2) is 0 Å². The van der Waals surface area contributed by atoms with E-state index < -0.39 is 0 Å². The molecule has 0 radical (unpaired) electrons. The number of ether oxygens (including phenoxy) is 4. The molecule has 0 aromatic rings. The van der Waals surface area contributed by atoms with Gasteiger partial charge >= 0.3 is 17.9 Å². The molecule has 0 N–H and O–H groups in total. The lowest BCUT2D eigenvalue weighted by Crippen LogP contribution is -1.98. The highest BCUT2D eigenvalue weighted by Crippen LogP contribution is 1.71. The third-order valence-corrected chi connectivity index (χ3v) is 1.71. The van der Waals surface area contributed by atoms with Gasteiger partial charge in [-0.15, -0.1) is 0 Å². The Morgan fingerprint density at radius 2 is 0.700 bits per heavy atom. The summed E-state index contributed by atoms with van der Waals surface area (Å²) >= 11 is 0. The predicted molar refractivity (Wildman–Crippen MR) is 113 cm³/mol. The average Bonchev–Trinajstić information content (AvgIpc) is 2.62. The van der Waals surface area contributed by atoms with Crippen molar-refractivity contribution >= 4 is 35.3 Å². The van der Waals surface area contributed by atoms with Gasteiger partial charge in [-0.1, -0.05) is 6.92 Å². The average molecular weight is 441 g/mol. The third-order valence-electron chi connectivity index (χ3n) is 1.71. The van der Waals surface area contributed by atoms with E-state index in [9.17, 15) is 28.8 Å². The van der Waals surface area contributed by atoms with Gasteiger partial charge in [0.25, 0.3) is 0 Å². The lowest BCUT2D eigenvalue weighted by Gasteiger charge is -1.84. The summed E-state index contributed by atoms with van der Waals surface area (Å²) in [5.41, 5.74) is 0. The molecule has 0 atom stereocenters. The number of hydrogen-bond acceptors (Lipinski definition) is 10. The van der Waals surface area contributed by atoms with E-state index in [1.165, 1.54) is 70.0 Å². The Morgan fingerprint density at radius 3 is 0.700 bits per heavy atom. The summed E-state index contributed by atoms with van der Waals surface area (Å²) in [4.78, 5) is 57.9. The number of ketones is 3. The van der Waals surface area contributed by atoms with Crippen molar-refractivity contribution in [2.24, 2.45) is 0 Å². The van der Waals surface area contributed by atoms with Gasteiger partial charge in [0.15, 0.2) is 5.78 Å². The van der Waals surface area contributed by atoms with Crippen LogP contribution >= 0.6 is 0 Å². The minimum absolute atomic E-state index is 0.0671. The van der Waals surface area contributed by atoms with Crippen LogP contribution in [0.2, 0.25) is 0 Å². The zero-order chi connectivity index (χ0) is 25.7. The molecule has 0 aromatic heterocycles. The number of Topliss-reactive ketones (excluding diaryl/α,β-unsaturated/α-hetero) is 3. The van der Waals surface area contributed by atoms with Gasteiger partial charge in [-0.2, -0.15) is 0 Å². The smallest absolute Gasteiger partial charge is 0.302 e. The first kappa shape index (κ1) is 41.7. The second-order valence-corrected chi connectivity index (χ2v) is 5.19. The summed E-state index contributed by atoms with van der Waals surface area (Å²) in [6.07, 6.45) is 0.667. The van der Waals surface area contributed by atoms with Crippen LogP contribution in [0.5, 0.6) is 0 Å². The van der Waals surface area contributed by atoms with Crippen molar-refractivity contribution < 1.29 is 47.7 Å². The van der Waals surface area contributed by atoms with Crippen molar-refractivity contribution in [3.63, 3.8) is 0 Å². The van der Waals surface area contributed by atoms with E-state index in [0.29, 0.717) is 6.42 Å². The lowest BCUT2D eigenvalue weighted by atomic mass is 10.4. The van der Waals surface area contributed by atoms with Crippen molar-refractivity contribution in [3.05, 3.63) is 0 Å². The van der Waals surface area contributed by atoms with Gasteiger partial charge in [-0.3, -0.25) is 19.2 Å². The largest absolute Gasteiger partial charge is 0.469 e. The van der Waals surface area contributed by atoms with E-state index in [4.69, 9.17) is 0 Å². The number of esters is 3. The van der Waals surface area contributed by atoms with Crippen LogP contribution in [0.3, 0.4) is 0 Å².